The molecular weight excluding hydrogens is 381 g/mol. The smallest absolute Gasteiger partial charge is 0.306 e. The minimum Gasteiger partial charge on any atom is -0.306 e. The van der Waals surface area contributed by atoms with E-state index in [1.54, 1.807) is 0 Å². The van der Waals surface area contributed by atoms with Crippen molar-refractivity contribution in [3.05, 3.63) is 69.2 Å². The number of nitrogens with zero attached hydrogens (tertiary/aromatic N) is 2. The Morgan fingerprint density at radius 2 is 1.81 bits per heavy atom. The van der Waals surface area contributed by atoms with E-state index in [1.165, 1.54) is 0 Å². The van der Waals surface area contributed by atoms with Crippen LogP contribution in [0.4, 0.5) is 22.0 Å². The number of nitrogens with one attached hydrogen (secondary N) is 1. The van der Waals surface area contributed by atoms with Crippen molar-refractivity contribution >= 4 is 11.6 Å². The zero-order valence-electron chi connectivity index (χ0n) is 12.5. The molecule has 0 saturated carbocycles. The lowest BCUT2D eigenvalue weighted by Crippen LogP contribution is -2.14. The van der Waals surface area contributed by atoms with Crippen LogP contribution in [0.2, 0.25) is 5.02 Å². The molecule has 26 heavy (non-hydrogen) atoms. The highest BCUT2D eigenvalue weighted by Gasteiger charge is 2.36. The highest BCUT2D eigenvalue weighted by Crippen LogP contribution is 2.39. The fraction of sp³-hybridized carbons (Fsp3) is 0.0625. The average Bonchev–Trinajstić information content (AvgIpc) is 2.55. The van der Waals surface area contributed by atoms with Crippen molar-refractivity contribution in [3.63, 3.8) is 0 Å². The van der Waals surface area contributed by atoms with Crippen molar-refractivity contribution in [2.45, 2.75) is 6.18 Å². The summed E-state index contributed by atoms with van der Waals surface area (Å²) < 4.78 is 67.4. The lowest BCUT2D eigenvalue weighted by Gasteiger charge is -2.14. The lowest BCUT2D eigenvalue weighted by atomic mass is 10.0. The topological polar surface area (TPSA) is 58.6 Å². The van der Waals surface area contributed by atoms with E-state index in [4.69, 9.17) is 11.6 Å². The Bertz CT molecular complexity index is 1050. The summed E-state index contributed by atoms with van der Waals surface area (Å²) in [6.07, 6.45) is -2.86. The summed E-state index contributed by atoms with van der Waals surface area (Å²) in [5, 5.41) is -0.575. The van der Waals surface area contributed by atoms with E-state index in [0.29, 0.717) is 6.07 Å². The van der Waals surface area contributed by atoms with Crippen LogP contribution < -0.4 is 5.56 Å². The van der Waals surface area contributed by atoms with Crippen LogP contribution in [0.5, 0.6) is 0 Å². The van der Waals surface area contributed by atoms with E-state index in [2.05, 4.69) is 9.97 Å². The molecule has 2 heterocycles. The quantitative estimate of drug-likeness (QED) is 0.661. The third-order valence-electron chi connectivity index (χ3n) is 3.38. The minimum atomic E-state index is -4.92. The van der Waals surface area contributed by atoms with Crippen LogP contribution in [-0.4, -0.2) is 15.0 Å². The molecule has 10 heteroatoms. The summed E-state index contributed by atoms with van der Waals surface area (Å²) in [5.41, 5.74) is -3.37. The number of aromatic amines is 1. The molecule has 0 unspecified atom stereocenters. The SMILES string of the molecule is O=c1cc(-c2cncc(F)c2)nc(-c2c(C(F)(F)F)ccc(Cl)c2F)[nH]1. The molecule has 0 spiro atoms. The predicted molar refractivity (Wildman–Crippen MR) is 83.5 cm³/mol. The van der Waals surface area contributed by atoms with Gasteiger partial charge in [0.05, 0.1) is 28.0 Å². The van der Waals surface area contributed by atoms with Gasteiger partial charge in [0.15, 0.2) is 5.82 Å². The van der Waals surface area contributed by atoms with Crippen molar-refractivity contribution in [2.24, 2.45) is 0 Å². The Morgan fingerprint density at radius 1 is 1.08 bits per heavy atom. The normalized spacial score (nSPS) is 11.6. The Labute approximate surface area is 147 Å². The van der Waals surface area contributed by atoms with E-state index in [9.17, 15) is 26.7 Å². The Hall–Kier alpha value is -2.81. The van der Waals surface area contributed by atoms with Gasteiger partial charge >= 0.3 is 6.18 Å². The van der Waals surface area contributed by atoms with Gasteiger partial charge in [-0.25, -0.2) is 13.8 Å². The van der Waals surface area contributed by atoms with E-state index < -0.39 is 45.3 Å². The maximum Gasteiger partial charge on any atom is 0.417 e. The third-order valence-corrected chi connectivity index (χ3v) is 3.67. The van der Waals surface area contributed by atoms with Gasteiger partial charge in [-0.15, -0.1) is 0 Å². The third kappa shape index (κ3) is 3.43. The van der Waals surface area contributed by atoms with Crippen molar-refractivity contribution in [3.8, 4) is 22.6 Å². The molecule has 3 rings (SSSR count). The van der Waals surface area contributed by atoms with Crippen LogP contribution in [0.1, 0.15) is 5.56 Å². The van der Waals surface area contributed by atoms with Gasteiger partial charge in [0, 0.05) is 17.8 Å². The Balaban J connectivity index is 2.29. The summed E-state index contributed by atoms with van der Waals surface area (Å²) in [5.74, 6) is -2.82. The second-order valence-electron chi connectivity index (χ2n) is 5.15. The van der Waals surface area contributed by atoms with Crippen LogP contribution in [0.15, 0.2) is 41.5 Å². The molecule has 0 aliphatic rings. The second kappa shape index (κ2) is 6.49. The van der Waals surface area contributed by atoms with Gasteiger partial charge in [-0.2, -0.15) is 13.2 Å². The summed E-state index contributed by atoms with van der Waals surface area (Å²) in [6, 6.07) is 3.24. The molecule has 4 nitrogen and oxygen atoms in total. The summed E-state index contributed by atoms with van der Waals surface area (Å²) >= 11 is 5.58. The molecule has 0 atom stereocenters. The second-order valence-corrected chi connectivity index (χ2v) is 5.56. The first-order valence-corrected chi connectivity index (χ1v) is 7.32. The van der Waals surface area contributed by atoms with Gasteiger partial charge in [0.2, 0.25) is 0 Å². The van der Waals surface area contributed by atoms with Gasteiger partial charge in [0.25, 0.3) is 5.56 Å². The van der Waals surface area contributed by atoms with Crippen LogP contribution in [0.25, 0.3) is 22.6 Å². The highest BCUT2D eigenvalue weighted by molar-refractivity contribution is 6.31. The van der Waals surface area contributed by atoms with Crippen molar-refractivity contribution in [1.82, 2.24) is 15.0 Å². The van der Waals surface area contributed by atoms with E-state index in [-0.39, 0.29) is 11.3 Å². The standard InChI is InChI=1S/C16H7ClF5N3O/c17-10-2-1-9(16(20,21)22)13(14(10)19)15-24-11(4-12(26)25-15)7-3-8(18)6-23-5-7/h1-6H,(H,24,25,26). The molecule has 134 valence electrons. The number of rotatable bonds is 2. The predicted octanol–water partition coefficient (Wildman–Crippen LogP) is 4.45. The minimum absolute atomic E-state index is 0.0355. The molecule has 0 aliphatic heterocycles. The zero-order chi connectivity index (χ0) is 19.1. The van der Waals surface area contributed by atoms with Crippen molar-refractivity contribution in [1.29, 1.82) is 0 Å². The van der Waals surface area contributed by atoms with Crippen LogP contribution in [0.3, 0.4) is 0 Å². The molecular formula is C16H7ClF5N3O. The summed E-state index contributed by atoms with van der Waals surface area (Å²) in [7, 11) is 0. The number of hydrogen-bond donors (Lipinski definition) is 1. The largest absolute Gasteiger partial charge is 0.417 e. The van der Waals surface area contributed by atoms with Crippen LogP contribution in [-0.2, 0) is 6.18 Å². The monoisotopic (exact) mass is 387 g/mol. The summed E-state index contributed by atoms with van der Waals surface area (Å²) in [4.78, 5) is 21.3. The number of pyridine rings is 1. The van der Waals surface area contributed by atoms with Crippen LogP contribution in [0, 0.1) is 11.6 Å². The Kier molecular flexibility index (Phi) is 4.49. The molecule has 1 N–H and O–H groups in total. The molecule has 0 aliphatic carbocycles. The molecule has 0 saturated heterocycles. The molecule has 0 amide bonds. The maximum absolute atomic E-state index is 14.3. The fourth-order valence-electron chi connectivity index (χ4n) is 2.29. The van der Waals surface area contributed by atoms with Gasteiger partial charge in [0.1, 0.15) is 11.6 Å². The highest BCUT2D eigenvalue weighted by atomic mass is 35.5. The lowest BCUT2D eigenvalue weighted by molar-refractivity contribution is -0.137. The van der Waals surface area contributed by atoms with Crippen LogP contribution >= 0.6 is 11.6 Å². The molecule has 1 aromatic carbocycles. The average molecular weight is 388 g/mol. The Morgan fingerprint density at radius 3 is 2.46 bits per heavy atom. The number of alkyl halides is 3. The fourth-order valence-corrected chi connectivity index (χ4v) is 2.45. The molecule has 3 aromatic rings. The first-order chi connectivity index (χ1) is 12.2. The molecule has 2 aromatic heterocycles. The molecule has 0 bridgehead atoms. The van der Waals surface area contributed by atoms with Gasteiger partial charge in [-0.1, -0.05) is 11.6 Å². The first-order valence-electron chi connectivity index (χ1n) is 6.94. The molecule has 0 radical (unpaired) electrons. The number of H-pyrrole nitrogens is 1. The number of aromatic nitrogens is 3. The number of benzene rings is 1. The van der Waals surface area contributed by atoms with Gasteiger partial charge in [-0.3, -0.25) is 9.78 Å². The van der Waals surface area contributed by atoms with E-state index in [1.807, 2.05) is 4.98 Å². The number of halogens is 6. The summed E-state index contributed by atoms with van der Waals surface area (Å²) in [6.45, 7) is 0. The maximum atomic E-state index is 14.3. The molecule has 0 fully saturated rings. The number of hydrogen-bond acceptors (Lipinski definition) is 3. The van der Waals surface area contributed by atoms with E-state index in [0.717, 1.165) is 30.6 Å². The van der Waals surface area contributed by atoms with E-state index >= 15 is 0 Å². The van der Waals surface area contributed by atoms with Crippen molar-refractivity contribution in [2.75, 3.05) is 0 Å². The zero-order valence-corrected chi connectivity index (χ0v) is 13.3. The van der Waals surface area contributed by atoms with Gasteiger partial charge in [-0.05, 0) is 18.2 Å². The first kappa shape index (κ1) is 18.0. The van der Waals surface area contributed by atoms with Crippen molar-refractivity contribution < 1.29 is 22.0 Å². The van der Waals surface area contributed by atoms with Gasteiger partial charge < -0.3 is 4.98 Å².